The summed E-state index contributed by atoms with van der Waals surface area (Å²) >= 11 is 0. The summed E-state index contributed by atoms with van der Waals surface area (Å²) in [6.45, 7) is 5.12. The molecule has 2 aromatic rings. The molecule has 0 bridgehead atoms. The SMILES string of the molecule is O=C(COc1ccc(N2CCN(C3CCCCC3)CC2)nn1)NC[C@@H]1OCCc2ccccc21. The fourth-order valence-electron chi connectivity index (χ4n) is 5.36. The lowest BCUT2D eigenvalue weighted by Gasteiger charge is -2.41. The predicted molar refractivity (Wildman–Crippen MR) is 130 cm³/mol. The standard InChI is InChI=1S/C26H35N5O3/c32-25(27-18-23-22-9-5-4-6-20(22)12-17-33-23)19-34-26-11-10-24(28-29-26)31-15-13-30(14-16-31)21-7-2-1-3-8-21/h4-6,9-11,21,23H,1-3,7-8,12-19H2,(H,27,32)/t23-/m0/s1. The number of fused-ring (bicyclic) bond motifs is 1. The van der Waals surface area contributed by atoms with Crippen LogP contribution in [0.5, 0.6) is 5.88 Å². The average molecular weight is 466 g/mol. The molecule has 5 rings (SSSR count). The zero-order chi connectivity index (χ0) is 23.2. The zero-order valence-corrected chi connectivity index (χ0v) is 19.8. The molecule has 1 aromatic carbocycles. The maximum atomic E-state index is 12.3. The normalized spacial score (nSPS) is 21.6. The highest BCUT2D eigenvalue weighted by Gasteiger charge is 2.26. The number of carbonyl (C=O) groups excluding carboxylic acids is 1. The lowest BCUT2D eigenvalue weighted by atomic mass is 9.94. The molecule has 1 N–H and O–H groups in total. The van der Waals surface area contributed by atoms with Crippen LogP contribution in [0.1, 0.15) is 49.3 Å². The minimum absolute atomic E-state index is 0.0948. The van der Waals surface area contributed by atoms with Gasteiger partial charge < -0.3 is 19.7 Å². The highest BCUT2D eigenvalue weighted by atomic mass is 16.5. The number of hydrogen-bond acceptors (Lipinski definition) is 7. The van der Waals surface area contributed by atoms with Crippen LogP contribution in [-0.2, 0) is 16.0 Å². The summed E-state index contributed by atoms with van der Waals surface area (Å²) < 4.78 is 11.4. The predicted octanol–water partition coefficient (Wildman–Crippen LogP) is 2.74. The van der Waals surface area contributed by atoms with Gasteiger partial charge in [-0.15, -0.1) is 10.2 Å². The van der Waals surface area contributed by atoms with E-state index in [0.29, 0.717) is 19.0 Å². The van der Waals surface area contributed by atoms with E-state index in [1.165, 1.54) is 37.7 Å². The average Bonchev–Trinajstić information content (AvgIpc) is 2.91. The molecule has 2 aliphatic heterocycles. The summed E-state index contributed by atoms with van der Waals surface area (Å²) in [5, 5.41) is 11.4. The number of amides is 1. The van der Waals surface area contributed by atoms with E-state index in [-0.39, 0.29) is 18.6 Å². The summed E-state index contributed by atoms with van der Waals surface area (Å²) in [5.74, 6) is 1.03. The Morgan fingerprint density at radius 1 is 1.03 bits per heavy atom. The molecule has 1 saturated carbocycles. The number of anilines is 1. The molecule has 34 heavy (non-hydrogen) atoms. The number of nitrogens with one attached hydrogen (secondary N) is 1. The van der Waals surface area contributed by atoms with Gasteiger partial charge in [0.25, 0.3) is 5.91 Å². The second-order valence-electron chi connectivity index (χ2n) is 9.45. The maximum Gasteiger partial charge on any atom is 0.258 e. The van der Waals surface area contributed by atoms with Crippen molar-refractivity contribution < 1.29 is 14.3 Å². The molecule has 1 aromatic heterocycles. The maximum absolute atomic E-state index is 12.3. The van der Waals surface area contributed by atoms with Crippen LogP contribution < -0.4 is 15.0 Å². The number of ether oxygens (including phenoxy) is 2. The van der Waals surface area contributed by atoms with Gasteiger partial charge in [0.15, 0.2) is 12.4 Å². The fraction of sp³-hybridized carbons (Fsp3) is 0.577. The third-order valence-corrected chi connectivity index (χ3v) is 7.28. The first-order valence-corrected chi connectivity index (χ1v) is 12.7. The van der Waals surface area contributed by atoms with E-state index in [0.717, 1.165) is 50.0 Å². The molecule has 182 valence electrons. The van der Waals surface area contributed by atoms with Gasteiger partial charge in [-0.3, -0.25) is 9.69 Å². The number of carbonyl (C=O) groups is 1. The van der Waals surface area contributed by atoms with Crippen molar-refractivity contribution >= 4 is 11.7 Å². The van der Waals surface area contributed by atoms with Crippen molar-refractivity contribution in [3.63, 3.8) is 0 Å². The molecule has 8 nitrogen and oxygen atoms in total. The van der Waals surface area contributed by atoms with Crippen molar-refractivity contribution in [3.05, 3.63) is 47.5 Å². The van der Waals surface area contributed by atoms with Gasteiger partial charge in [0.2, 0.25) is 5.88 Å². The monoisotopic (exact) mass is 465 g/mol. The summed E-state index contributed by atoms with van der Waals surface area (Å²) in [7, 11) is 0. The third-order valence-electron chi connectivity index (χ3n) is 7.28. The molecule has 0 unspecified atom stereocenters. The van der Waals surface area contributed by atoms with E-state index in [1.54, 1.807) is 6.07 Å². The molecular weight excluding hydrogens is 430 g/mol. The molecule has 2 fully saturated rings. The van der Waals surface area contributed by atoms with Gasteiger partial charge in [0, 0.05) is 44.8 Å². The Morgan fingerprint density at radius 3 is 2.65 bits per heavy atom. The second-order valence-corrected chi connectivity index (χ2v) is 9.45. The fourth-order valence-corrected chi connectivity index (χ4v) is 5.36. The van der Waals surface area contributed by atoms with Crippen molar-refractivity contribution in [3.8, 4) is 5.88 Å². The molecule has 1 atom stereocenters. The van der Waals surface area contributed by atoms with Crippen LogP contribution in [0.4, 0.5) is 5.82 Å². The van der Waals surface area contributed by atoms with Crippen molar-refractivity contribution in [1.82, 2.24) is 20.4 Å². The van der Waals surface area contributed by atoms with Crippen LogP contribution in [0, 0.1) is 0 Å². The molecule has 1 amide bonds. The molecule has 3 aliphatic rings. The number of benzene rings is 1. The van der Waals surface area contributed by atoms with Crippen LogP contribution in [0.3, 0.4) is 0 Å². The molecule has 0 radical (unpaired) electrons. The van der Waals surface area contributed by atoms with Crippen LogP contribution in [0.15, 0.2) is 36.4 Å². The molecule has 1 aliphatic carbocycles. The molecule has 3 heterocycles. The first-order chi connectivity index (χ1) is 16.8. The van der Waals surface area contributed by atoms with Gasteiger partial charge in [-0.05, 0) is 36.5 Å². The molecular formula is C26H35N5O3. The Morgan fingerprint density at radius 2 is 1.85 bits per heavy atom. The van der Waals surface area contributed by atoms with Crippen LogP contribution in [0.2, 0.25) is 0 Å². The van der Waals surface area contributed by atoms with Crippen LogP contribution in [-0.4, -0.2) is 73.0 Å². The first-order valence-electron chi connectivity index (χ1n) is 12.7. The van der Waals surface area contributed by atoms with Gasteiger partial charge in [0.05, 0.1) is 6.61 Å². The smallest absolute Gasteiger partial charge is 0.258 e. The Labute approximate surface area is 201 Å². The summed E-state index contributed by atoms with van der Waals surface area (Å²) in [6, 6.07) is 12.7. The highest BCUT2D eigenvalue weighted by molar-refractivity contribution is 5.77. The zero-order valence-electron chi connectivity index (χ0n) is 19.8. The number of nitrogens with zero attached hydrogens (tertiary/aromatic N) is 4. The summed E-state index contributed by atoms with van der Waals surface area (Å²) in [5.41, 5.74) is 2.44. The van der Waals surface area contributed by atoms with E-state index in [1.807, 2.05) is 18.2 Å². The quantitative estimate of drug-likeness (QED) is 0.674. The van der Waals surface area contributed by atoms with Crippen LogP contribution in [0.25, 0.3) is 0 Å². The van der Waals surface area contributed by atoms with Crippen molar-refractivity contribution in [2.45, 2.75) is 50.7 Å². The number of rotatable bonds is 7. The van der Waals surface area contributed by atoms with E-state index < -0.39 is 0 Å². The minimum Gasteiger partial charge on any atom is -0.466 e. The van der Waals surface area contributed by atoms with Gasteiger partial charge in [0.1, 0.15) is 6.10 Å². The molecule has 8 heteroatoms. The summed E-state index contributed by atoms with van der Waals surface area (Å²) in [4.78, 5) is 17.2. The van der Waals surface area contributed by atoms with Gasteiger partial charge >= 0.3 is 0 Å². The van der Waals surface area contributed by atoms with Gasteiger partial charge in [-0.25, -0.2) is 0 Å². The lowest BCUT2D eigenvalue weighted by Crippen LogP contribution is -2.51. The Kier molecular flexibility index (Phi) is 7.56. The number of piperazine rings is 1. The first kappa shape index (κ1) is 23.1. The second kappa shape index (κ2) is 11.1. The Balaban J connectivity index is 1.04. The summed E-state index contributed by atoms with van der Waals surface area (Å²) in [6.07, 6.45) is 7.63. The van der Waals surface area contributed by atoms with E-state index in [9.17, 15) is 4.79 Å². The largest absolute Gasteiger partial charge is 0.466 e. The number of hydrogen-bond donors (Lipinski definition) is 1. The van der Waals surface area contributed by atoms with Gasteiger partial charge in [-0.1, -0.05) is 43.5 Å². The van der Waals surface area contributed by atoms with E-state index >= 15 is 0 Å². The topological polar surface area (TPSA) is 79.8 Å². The highest BCUT2D eigenvalue weighted by Crippen LogP contribution is 2.26. The van der Waals surface area contributed by atoms with E-state index in [2.05, 4.69) is 37.4 Å². The lowest BCUT2D eigenvalue weighted by molar-refractivity contribution is -0.124. The van der Waals surface area contributed by atoms with E-state index in [4.69, 9.17) is 9.47 Å². The third kappa shape index (κ3) is 5.67. The van der Waals surface area contributed by atoms with Crippen LogP contribution >= 0.6 is 0 Å². The minimum atomic E-state index is -0.198. The van der Waals surface area contributed by atoms with Crippen molar-refractivity contribution in [1.29, 1.82) is 0 Å². The van der Waals surface area contributed by atoms with Crippen molar-refractivity contribution in [2.24, 2.45) is 0 Å². The number of aromatic nitrogens is 2. The molecule has 0 spiro atoms. The van der Waals surface area contributed by atoms with Gasteiger partial charge in [-0.2, -0.15) is 0 Å². The Hall–Kier alpha value is -2.71. The Bertz CT molecular complexity index is 940. The van der Waals surface area contributed by atoms with Crippen molar-refractivity contribution in [2.75, 3.05) is 50.8 Å². The molecule has 1 saturated heterocycles.